The molecule has 1 N–H and O–H groups in total. The predicted octanol–water partition coefficient (Wildman–Crippen LogP) is 1.09. The molecule has 0 aromatic rings. The molecule has 76 valence electrons. The van der Waals surface area contributed by atoms with E-state index in [-0.39, 0.29) is 0 Å². The topological polar surface area (TPSA) is 18.5 Å². The van der Waals surface area contributed by atoms with Gasteiger partial charge >= 0.3 is 0 Å². The summed E-state index contributed by atoms with van der Waals surface area (Å²) in [6.07, 6.45) is 12.4. The Hall–Kier alpha value is -1.06. The number of nitrogens with zero attached hydrogens (tertiary/aromatic N) is 2. The highest BCUT2D eigenvalue weighted by Crippen LogP contribution is 2.10. The molecule has 2 aliphatic heterocycles. The maximum absolute atomic E-state index is 3.39. The number of hydrogen-bond donors (Lipinski definition) is 1. The molecule has 1 unspecified atom stereocenters. The minimum Gasteiger partial charge on any atom is -0.314 e. The van der Waals surface area contributed by atoms with Crippen LogP contribution in [0.25, 0.3) is 0 Å². The summed E-state index contributed by atoms with van der Waals surface area (Å²) in [4.78, 5) is 0. The summed E-state index contributed by atoms with van der Waals surface area (Å²) in [7, 11) is 0. The van der Waals surface area contributed by atoms with E-state index < -0.39 is 0 Å². The van der Waals surface area contributed by atoms with Crippen molar-refractivity contribution >= 4 is 0 Å². The second-order valence-electron chi connectivity index (χ2n) is 3.66. The van der Waals surface area contributed by atoms with Crippen molar-refractivity contribution in [3.8, 4) is 0 Å². The zero-order valence-corrected chi connectivity index (χ0v) is 8.56. The van der Waals surface area contributed by atoms with Crippen molar-refractivity contribution in [1.82, 2.24) is 15.3 Å². The van der Waals surface area contributed by atoms with Crippen molar-refractivity contribution < 1.29 is 0 Å². The van der Waals surface area contributed by atoms with Crippen LogP contribution in [0, 0.1) is 0 Å². The number of rotatable bonds is 1. The molecule has 1 saturated heterocycles. The third kappa shape index (κ3) is 2.05. The number of hydrogen-bond acceptors (Lipinski definition) is 3. The van der Waals surface area contributed by atoms with Gasteiger partial charge in [0, 0.05) is 38.1 Å². The lowest BCUT2D eigenvalue weighted by atomic mass is 10.2. The Kier molecular flexibility index (Phi) is 3.01. The summed E-state index contributed by atoms with van der Waals surface area (Å²) in [5.74, 6) is 0. The van der Waals surface area contributed by atoms with Crippen LogP contribution in [0.15, 0.2) is 36.7 Å². The Balaban J connectivity index is 2.05. The largest absolute Gasteiger partial charge is 0.314 e. The third-order valence-electron chi connectivity index (χ3n) is 2.57. The Morgan fingerprint density at radius 3 is 2.50 bits per heavy atom. The van der Waals surface area contributed by atoms with Crippen molar-refractivity contribution in [2.24, 2.45) is 0 Å². The van der Waals surface area contributed by atoms with E-state index in [1.54, 1.807) is 0 Å². The van der Waals surface area contributed by atoms with E-state index in [4.69, 9.17) is 0 Å². The Labute approximate surface area is 85.3 Å². The molecule has 0 aromatic heterocycles. The van der Waals surface area contributed by atoms with E-state index in [1.165, 1.54) is 0 Å². The standard InChI is InChI=1S/C11H17N3/c1-11-10-12-6-9-14(11)13-7-4-2-3-5-8-13/h2-5,7-8,11-12H,6,9-10H2,1H3. The minimum atomic E-state index is 0.552. The van der Waals surface area contributed by atoms with Crippen molar-refractivity contribution in [1.29, 1.82) is 0 Å². The fraction of sp³-hybridized carbons (Fsp3) is 0.455. The molecule has 0 aliphatic carbocycles. The molecule has 2 rings (SSSR count). The molecule has 0 aromatic carbocycles. The van der Waals surface area contributed by atoms with Crippen LogP contribution < -0.4 is 5.32 Å². The summed E-state index contributed by atoms with van der Waals surface area (Å²) in [5, 5.41) is 7.93. The van der Waals surface area contributed by atoms with E-state index >= 15 is 0 Å². The predicted molar refractivity (Wildman–Crippen MR) is 58.3 cm³/mol. The molecule has 0 amide bonds. The summed E-state index contributed by atoms with van der Waals surface area (Å²) in [5.41, 5.74) is 0. The maximum Gasteiger partial charge on any atom is 0.0394 e. The SMILES string of the molecule is CC1CNCCN1N1C=CC=CC=C1. The molecular weight excluding hydrogens is 174 g/mol. The zero-order chi connectivity index (χ0) is 9.80. The van der Waals surface area contributed by atoms with Gasteiger partial charge in [-0.15, -0.1) is 0 Å². The van der Waals surface area contributed by atoms with Crippen LogP contribution in [0.4, 0.5) is 0 Å². The van der Waals surface area contributed by atoms with E-state index in [9.17, 15) is 0 Å². The van der Waals surface area contributed by atoms with Gasteiger partial charge in [0.25, 0.3) is 0 Å². The number of piperazine rings is 1. The van der Waals surface area contributed by atoms with Gasteiger partial charge in [-0.3, -0.25) is 5.01 Å². The number of nitrogens with one attached hydrogen (secondary N) is 1. The summed E-state index contributed by atoms with van der Waals surface area (Å²) < 4.78 is 0. The highest BCUT2D eigenvalue weighted by Gasteiger charge is 2.20. The van der Waals surface area contributed by atoms with Gasteiger partial charge in [0.1, 0.15) is 0 Å². The van der Waals surface area contributed by atoms with Gasteiger partial charge in [-0.25, -0.2) is 5.01 Å². The molecule has 14 heavy (non-hydrogen) atoms. The van der Waals surface area contributed by atoms with Crippen molar-refractivity contribution in [2.75, 3.05) is 19.6 Å². The molecule has 2 aliphatic rings. The molecule has 3 heteroatoms. The lowest BCUT2D eigenvalue weighted by Crippen LogP contribution is -2.54. The average Bonchev–Trinajstić information content (AvgIpc) is 2.47. The van der Waals surface area contributed by atoms with Gasteiger partial charge in [-0.1, -0.05) is 12.2 Å². The monoisotopic (exact) mass is 191 g/mol. The Morgan fingerprint density at radius 1 is 1.14 bits per heavy atom. The van der Waals surface area contributed by atoms with Gasteiger partial charge in [-0.05, 0) is 19.1 Å². The molecule has 0 radical (unpaired) electrons. The molecule has 3 nitrogen and oxygen atoms in total. The second kappa shape index (κ2) is 4.44. The van der Waals surface area contributed by atoms with Crippen LogP contribution in [0.3, 0.4) is 0 Å². The molecule has 0 spiro atoms. The fourth-order valence-corrected chi connectivity index (χ4v) is 1.80. The number of hydrazine groups is 1. The van der Waals surface area contributed by atoms with Gasteiger partial charge in [0.15, 0.2) is 0 Å². The van der Waals surface area contributed by atoms with Crippen molar-refractivity contribution in [3.63, 3.8) is 0 Å². The van der Waals surface area contributed by atoms with Crippen LogP contribution >= 0.6 is 0 Å². The van der Waals surface area contributed by atoms with Gasteiger partial charge in [0.2, 0.25) is 0 Å². The first-order valence-corrected chi connectivity index (χ1v) is 5.15. The molecule has 0 bridgehead atoms. The summed E-state index contributed by atoms with van der Waals surface area (Å²) in [6, 6.07) is 0.552. The first-order chi connectivity index (χ1) is 6.88. The van der Waals surface area contributed by atoms with E-state index in [0.717, 1.165) is 19.6 Å². The van der Waals surface area contributed by atoms with Crippen molar-refractivity contribution in [2.45, 2.75) is 13.0 Å². The zero-order valence-electron chi connectivity index (χ0n) is 8.56. The third-order valence-corrected chi connectivity index (χ3v) is 2.57. The minimum absolute atomic E-state index is 0.552. The highest BCUT2D eigenvalue weighted by atomic mass is 15.6. The normalized spacial score (nSPS) is 28.1. The lowest BCUT2D eigenvalue weighted by molar-refractivity contribution is 0.0101. The first kappa shape index (κ1) is 9.49. The van der Waals surface area contributed by atoms with Crippen LogP contribution in [-0.4, -0.2) is 35.7 Å². The molecule has 2 heterocycles. The molecule has 0 saturated carbocycles. The van der Waals surface area contributed by atoms with Crippen LogP contribution in [-0.2, 0) is 0 Å². The maximum atomic E-state index is 3.39. The smallest absolute Gasteiger partial charge is 0.0394 e. The summed E-state index contributed by atoms with van der Waals surface area (Å²) >= 11 is 0. The van der Waals surface area contributed by atoms with Gasteiger partial charge < -0.3 is 5.32 Å². The second-order valence-corrected chi connectivity index (χ2v) is 3.66. The van der Waals surface area contributed by atoms with Crippen LogP contribution in [0.2, 0.25) is 0 Å². The van der Waals surface area contributed by atoms with Gasteiger partial charge in [0.05, 0.1) is 0 Å². The highest BCUT2D eigenvalue weighted by molar-refractivity contribution is 5.15. The molecule has 1 fully saturated rings. The number of allylic oxidation sites excluding steroid dienone is 4. The average molecular weight is 191 g/mol. The van der Waals surface area contributed by atoms with Gasteiger partial charge in [-0.2, -0.15) is 0 Å². The van der Waals surface area contributed by atoms with Crippen molar-refractivity contribution in [3.05, 3.63) is 36.7 Å². The quantitative estimate of drug-likeness (QED) is 0.669. The fourth-order valence-electron chi connectivity index (χ4n) is 1.80. The molecule has 1 atom stereocenters. The molecular formula is C11H17N3. The Bertz CT molecular complexity index is 252. The van der Waals surface area contributed by atoms with E-state index in [1.807, 2.05) is 12.2 Å². The Morgan fingerprint density at radius 2 is 1.86 bits per heavy atom. The van der Waals surface area contributed by atoms with E-state index in [0.29, 0.717) is 6.04 Å². The van der Waals surface area contributed by atoms with E-state index in [2.05, 4.69) is 46.8 Å². The summed E-state index contributed by atoms with van der Waals surface area (Å²) in [6.45, 7) is 5.43. The first-order valence-electron chi connectivity index (χ1n) is 5.15. The van der Waals surface area contributed by atoms with Crippen LogP contribution in [0.1, 0.15) is 6.92 Å². The lowest BCUT2D eigenvalue weighted by Gasteiger charge is -2.39. The van der Waals surface area contributed by atoms with Crippen LogP contribution in [0.5, 0.6) is 0 Å².